The van der Waals surface area contributed by atoms with E-state index in [9.17, 15) is 14.4 Å². The maximum absolute atomic E-state index is 13.0. The summed E-state index contributed by atoms with van der Waals surface area (Å²) in [7, 11) is 0. The van der Waals surface area contributed by atoms with Crippen LogP contribution in [-0.2, 0) is 16.1 Å². The van der Waals surface area contributed by atoms with Crippen LogP contribution in [0.1, 0.15) is 28.8 Å². The maximum Gasteiger partial charge on any atom is 0.255 e. The largest absolute Gasteiger partial charge is 0.322 e. The number of piperidine rings is 1. The fourth-order valence-electron chi connectivity index (χ4n) is 4.79. The third-order valence-electron chi connectivity index (χ3n) is 6.55. The zero-order valence-electron chi connectivity index (χ0n) is 18.7. The van der Waals surface area contributed by atoms with Crippen LogP contribution in [0.15, 0.2) is 79.0 Å². The number of benzene rings is 3. The molecule has 8 heteroatoms. The van der Waals surface area contributed by atoms with E-state index in [2.05, 4.69) is 33.8 Å². The number of rotatable bonds is 4. The van der Waals surface area contributed by atoms with Gasteiger partial charge in [0.1, 0.15) is 11.7 Å². The van der Waals surface area contributed by atoms with E-state index in [-0.39, 0.29) is 18.2 Å². The van der Waals surface area contributed by atoms with Crippen molar-refractivity contribution in [1.29, 1.82) is 0 Å². The summed E-state index contributed by atoms with van der Waals surface area (Å²) in [5.74, 6) is -0.911. The summed E-state index contributed by atoms with van der Waals surface area (Å²) in [6.45, 7) is 0.312. The minimum atomic E-state index is -0.636. The fourth-order valence-corrected chi connectivity index (χ4v) is 4.79. The number of aromatic nitrogens is 3. The van der Waals surface area contributed by atoms with Gasteiger partial charge in [0.15, 0.2) is 0 Å². The number of hydrogen-bond acceptors (Lipinski definition) is 5. The lowest BCUT2D eigenvalue weighted by Crippen LogP contribution is -2.52. The quantitative estimate of drug-likeness (QED) is 0.468. The van der Waals surface area contributed by atoms with Crippen LogP contribution < -0.4 is 5.32 Å². The molecular formula is C27H21N5O3. The molecule has 1 fully saturated rings. The molecule has 172 valence electrons. The third kappa shape index (κ3) is 3.69. The van der Waals surface area contributed by atoms with E-state index in [1.165, 1.54) is 0 Å². The molecule has 1 atom stereocenters. The summed E-state index contributed by atoms with van der Waals surface area (Å²) >= 11 is 0. The van der Waals surface area contributed by atoms with Crippen LogP contribution in [0.25, 0.3) is 28.1 Å². The Balaban J connectivity index is 1.29. The third-order valence-corrected chi connectivity index (χ3v) is 6.55. The van der Waals surface area contributed by atoms with E-state index < -0.39 is 11.9 Å². The van der Waals surface area contributed by atoms with Crippen LogP contribution in [0.3, 0.4) is 0 Å². The van der Waals surface area contributed by atoms with Crippen molar-refractivity contribution in [3.8, 4) is 28.1 Å². The first-order valence-electron chi connectivity index (χ1n) is 11.4. The number of carbonyl (C=O) groups excluding carboxylic acids is 3. The van der Waals surface area contributed by atoms with Gasteiger partial charge in [0.05, 0.1) is 11.9 Å². The Morgan fingerprint density at radius 1 is 0.857 bits per heavy atom. The first-order valence-corrected chi connectivity index (χ1v) is 11.4. The average Bonchev–Trinajstić information content (AvgIpc) is 3.50. The molecule has 3 aromatic carbocycles. The molecule has 6 rings (SSSR count). The fraction of sp³-hybridized carbons (Fsp3) is 0.148. The van der Waals surface area contributed by atoms with Crippen LogP contribution in [0.5, 0.6) is 0 Å². The predicted octanol–water partition coefficient (Wildman–Crippen LogP) is 3.36. The Bertz CT molecular complexity index is 1480. The van der Waals surface area contributed by atoms with Gasteiger partial charge in [-0.1, -0.05) is 59.8 Å². The molecule has 4 aromatic rings. The minimum absolute atomic E-state index is 0.197. The Kier molecular flexibility index (Phi) is 4.99. The normalized spacial score (nSPS) is 17.4. The zero-order valence-corrected chi connectivity index (χ0v) is 18.7. The SMILES string of the molecule is O=C1CCC(N2Cc3cc(-n4cc(-c5ccccc5-c5ccccc5)nn4)ccc3C2=O)C(=O)N1. The van der Waals surface area contributed by atoms with E-state index in [0.717, 1.165) is 33.6 Å². The lowest BCUT2D eigenvalue weighted by atomic mass is 9.98. The summed E-state index contributed by atoms with van der Waals surface area (Å²) in [5, 5.41) is 11.1. The van der Waals surface area contributed by atoms with E-state index in [4.69, 9.17) is 0 Å². The van der Waals surface area contributed by atoms with Crippen LogP contribution in [0.2, 0.25) is 0 Å². The predicted molar refractivity (Wildman–Crippen MR) is 128 cm³/mol. The number of nitrogens with one attached hydrogen (secondary N) is 1. The smallest absolute Gasteiger partial charge is 0.255 e. The maximum atomic E-state index is 13.0. The molecule has 2 aliphatic rings. The molecule has 3 heterocycles. The Morgan fingerprint density at radius 3 is 2.43 bits per heavy atom. The van der Waals surface area contributed by atoms with Crippen LogP contribution in [0, 0.1) is 0 Å². The summed E-state index contributed by atoms with van der Waals surface area (Å²) < 4.78 is 1.69. The van der Waals surface area contributed by atoms with E-state index >= 15 is 0 Å². The Labute approximate surface area is 201 Å². The first kappa shape index (κ1) is 21.0. The molecule has 2 aliphatic heterocycles. The molecule has 0 bridgehead atoms. The van der Waals surface area contributed by atoms with Gasteiger partial charge in [0, 0.05) is 24.1 Å². The standard InChI is InChI=1S/C27H21N5O3/c33-25-13-12-24(26(34)28-25)31-15-18-14-19(10-11-21(18)27(31)35)32-16-23(29-30-32)22-9-5-4-8-20(22)17-6-2-1-3-7-17/h1-11,14,16,24H,12-13,15H2,(H,28,33,34). The highest BCUT2D eigenvalue weighted by Crippen LogP contribution is 2.32. The molecular weight excluding hydrogens is 442 g/mol. The number of hydrogen-bond donors (Lipinski definition) is 1. The van der Waals surface area contributed by atoms with Gasteiger partial charge in [-0.15, -0.1) is 5.10 Å². The first-order chi connectivity index (χ1) is 17.1. The van der Waals surface area contributed by atoms with Gasteiger partial charge in [0.2, 0.25) is 11.8 Å². The van der Waals surface area contributed by atoms with E-state index in [0.29, 0.717) is 18.5 Å². The van der Waals surface area contributed by atoms with Crippen molar-refractivity contribution in [3.05, 3.63) is 90.1 Å². The van der Waals surface area contributed by atoms with Crippen molar-refractivity contribution in [2.75, 3.05) is 0 Å². The topological polar surface area (TPSA) is 97.2 Å². The molecule has 0 aliphatic carbocycles. The van der Waals surface area contributed by atoms with Crippen LogP contribution >= 0.6 is 0 Å². The monoisotopic (exact) mass is 463 g/mol. The van der Waals surface area contributed by atoms with Gasteiger partial charge in [0.25, 0.3) is 5.91 Å². The number of carbonyl (C=O) groups is 3. The Hall–Kier alpha value is -4.59. The molecule has 3 amide bonds. The lowest BCUT2D eigenvalue weighted by molar-refractivity contribution is -0.136. The number of amides is 3. The molecule has 0 spiro atoms. The number of fused-ring (bicyclic) bond motifs is 1. The second-order valence-corrected chi connectivity index (χ2v) is 8.70. The molecule has 35 heavy (non-hydrogen) atoms. The van der Waals surface area contributed by atoms with Gasteiger partial charge in [-0.05, 0) is 41.3 Å². The summed E-state index contributed by atoms with van der Waals surface area (Å²) in [5.41, 5.74) is 6.04. The number of imide groups is 1. The highest BCUT2D eigenvalue weighted by Gasteiger charge is 2.39. The molecule has 0 radical (unpaired) electrons. The summed E-state index contributed by atoms with van der Waals surface area (Å²) in [6, 6.07) is 23.1. The van der Waals surface area contributed by atoms with Crippen LogP contribution in [-0.4, -0.2) is 43.7 Å². The van der Waals surface area contributed by atoms with Crippen molar-refractivity contribution >= 4 is 17.7 Å². The van der Waals surface area contributed by atoms with Gasteiger partial charge in [-0.3, -0.25) is 19.7 Å². The minimum Gasteiger partial charge on any atom is -0.322 e. The summed E-state index contributed by atoms with van der Waals surface area (Å²) in [6.07, 6.45) is 2.44. The van der Waals surface area contributed by atoms with Crippen molar-refractivity contribution in [1.82, 2.24) is 25.2 Å². The molecule has 1 saturated heterocycles. The van der Waals surface area contributed by atoms with E-state index in [1.807, 2.05) is 54.7 Å². The Morgan fingerprint density at radius 2 is 1.63 bits per heavy atom. The average molecular weight is 463 g/mol. The van der Waals surface area contributed by atoms with Crippen molar-refractivity contribution in [2.24, 2.45) is 0 Å². The van der Waals surface area contributed by atoms with Crippen molar-refractivity contribution in [3.63, 3.8) is 0 Å². The second kappa shape index (κ2) is 8.32. The molecule has 1 aromatic heterocycles. The number of nitrogens with zero attached hydrogens (tertiary/aromatic N) is 4. The summed E-state index contributed by atoms with van der Waals surface area (Å²) in [4.78, 5) is 38.3. The molecule has 1 unspecified atom stereocenters. The highest BCUT2D eigenvalue weighted by molar-refractivity contribution is 6.05. The van der Waals surface area contributed by atoms with Gasteiger partial charge in [-0.25, -0.2) is 4.68 Å². The highest BCUT2D eigenvalue weighted by atomic mass is 16.2. The van der Waals surface area contributed by atoms with Gasteiger partial charge >= 0.3 is 0 Å². The van der Waals surface area contributed by atoms with E-state index in [1.54, 1.807) is 15.6 Å². The van der Waals surface area contributed by atoms with Gasteiger partial charge < -0.3 is 4.90 Å². The van der Waals surface area contributed by atoms with Crippen molar-refractivity contribution in [2.45, 2.75) is 25.4 Å². The van der Waals surface area contributed by atoms with Crippen molar-refractivity contribution < 1.29 is 14.4 Å². The van der Waals surface area contributed by atoms with Crippen LogP contribution in [0.4, 0.5) is 0 Å². The molecule has 1 N–H and O–H groups in total. The molecule has 0 saturated carbocycles. The van der Waals surface area contributed by atoms with Gasteiger partial charge in [-0.2, -0.15) is 0 Å². The molecule has 8 nitrogen and oxygen atoms in total. The second-order valence-electron chi connectivity index (χ2n) is 8.70. The zero-order chi connectivity index (χ0) is 23.9. The lowest BCUT2D eigenvalue weighted by Gasteiger charge is -2.29.